The Kier molecular flexibility index (Phi) is 8.93. The number of carbonyl (C=O) groups is 2. The van der Waals surface area contributed by atoms with Crippen molar-refractivity contribution in [2.45, 2.75) is 19.8 Å². The number of hydrogen-bond donors (Lipinski definition) is 2. The van der Waals surface area contributed by atoms with Crippen molar-refractivity contribution in [3.63, 3.8) is 0 Å². The molecule has 122 valence electrons. The zero-order valence-electron chi connectivity index (χ0n) is 11.6. The van der Waals surface area contributed by atoms with Crippen LogP contribution in [0.2, 0.25) is 0 Å². The van der Waals surface area contributed by atoms with Crippen molar-refractivity contribution in [2.75, 3.05) is 18.8 Å². The average molecular weight is 754 g/mol. The second-order valence-corrected chi connectivity index (χ2v) is 8.83. The topological polar surface area (TPSA) is 83.6 Å². The van der Waals surface area contributed by atoms with Gasteiger partial charge >= 0.3 is 5.97 Å². The lowest BCUT2D eigenvalue weighted by atomic mass is 10.1. The maximum absolute atomic E-state index is 12.8. The molecule has 1 amide bonds. The van der Waals surface area contributed by atoms with E-state index in [2.05, 4.69) is 90.4 Å². The third-order valence-corrected chi connectivity index (χ3v) is 9.37. The summed E-state index contributed by atoms with van der Waals surface area (Å²) in [7, 11) is 0. The second kappa shape index (κ2) is 9.39. The Morgan fingerprint density at radius 2 is 1.68 bits per heavy atom. The second-order valence-electron chi connectivity index (χ2n) is 4.52. The van der Waals surface area contributed by atoms with Crippen molar-refractivity contribution >= 4 is 108 Å². The number of hydrogen-bond acceptors (Lipinski definition) is 3. The number of nitrogen functional groups attached to an aromatic ring is 1. The Bertz CT molecular complexity index is 578. The highest BCUT2D eigenvalue weighted by molar-refractivity contribution is 14.1. The van der Waals surface area contributed by atoms with E-state index in [1.54, 1.807) is 0 Å². The molecule has 0 saturated heterocycles. The Balaban J connectivity index is 3.32. The van der Waals surface area contributed by atoms with Crippen molar-refractivity contribution in [3.05, 3.63) is 19.8 Å². The predicted octanol–water partition coefficient (Wildman–Crippen LogP) is 4.01. The number of rotatable bonds is 6. The van der Waals surface area contributed by atoms with Crippen LogP contribution in [0.4, 0.5) is 5.69 Å². The van der Waals surface area contributed by atoms with Gasteiger partial charge < -0.3 is 15.7 Å². The summed E-state index contributed by atoms with van der Waals surface area (Å²) in [5.41, 5.74) is 7.15. The zero-order chi connectivity index (χ0) is 17.0. The summed E-state index contributed by atoms with van der Waals surface area (Å²) >= 11 is 8.51. The van der Waals surface area contributed by atoms with Gasteiger partial charge in [0, 0.05) is 13.7 Å². The van der Waals surface area contributed by atoms with Crippen LogP contribution in [0.25, 0.3) is 0 Å². The summed E-state index contributed by atoms with van der Waals surface area (Å²) in [6.45, 7) is 2.13. The number of halogens is 4. The van der Waals surface area contributed by atoms with Crippen molar-refractivity contribution in [2.24, 2.45) is 0 Å². The molecule has 0 saturated carbocycles. The van der Waals surface area contributed by atoms with Crippen LogP contribution in [-0.2, 0) is 4.79 Å². The molecule has 1 aromatic carbocycles. The molecule has 0 radical (unpaired) electrons. The predicted molar refractivity (Wildman–Crippen MR) is 120 cm³/mol. The highest BCUT2D eigenvalue weighted by atomic mass is 127. The van der Waals surface area contributed by atoms with Gasteiger partial charge in [-0.1, -0.05) is 13.3 Å². The third kappa shape index (κ3) is 4.94. The molecule has 0 heterocycles. The first-order chi connectivity index (χ1) is 10.2. The van der Waals surface area contributed by atoms with E-state index < -0.39 is 5.97 Å². The molecule has 0 atom stereocenters. The van der Waals surface area contributed by atoms with Gasteiger partial charge in [0.1, 0.15) is 6.54 Å². The van der Waals surface area contributed by atoms with Gasteiger partial charge in [0.15, 0.2) is 0 Å². The number of benzene rings is 1. The summed E-state index contributed by atoms with van der Waals surface area (Å²) in [5, 5.41) is 9.05. The van der Waals surface area contributed by atoms with Crippen LogP contribution in [0.15, 0.2) is 0 Å². The molecule has 0 aliphatic rings. The molecule has 0 aromatic heterocycles. The molecule has 0 bridgehead atoms. The third-order valence-electron chi connectivity index (χ3n) is 2.91. The molecule has 22 heavy (non-hydrogen) atoms. The smallest absolute Gasteiger partial charge is 0.323 e. The standard InChI is InChI=1S/C13H14I4N2O3/c1-2-3-4-19(5-6(20)21)13(22)7-8(14)10(16)11(17)12(18)9(7)15/h2-5,18H2,1H3,(H,20,21). The quantitative estimate of drug-likeness (QED) is 0.199. The first kappa shape index (κ1) is 20.9. The van der Waals surface area contributed by atoms with Gasteiger partial charge in [-0.15, -0.1) is 0 Å². The maximum atomic E-state index is 12.8. The van der Waals surface area contributed by atoms with Crippen LogP contribution in [0.1, 0.15) is 30.1 Å². The highest BCUT2D eigenvalue weighted by Gasteiger charge is 2.26. The van der Waals surface area contributed by atoms with Crippen LogP contribution in [0.5, 0.6) is 0 Å². The molecule has 1 rings (SSSR count). The minimum absolute atomic E-state index is 0.273. The van der Waals surface area contributed by atoms with Gasteiger partial charge in [-0.2, -0.15) is 0 Å². The largest absolute Gasteiger partial charge is 0.480 e. The van der Waals surface area contributed by atoms with Crippen molar-refractivity contribution < 1.29 is 14.7 Å². The number of unbranched alkanes of at least 4 members (excludes halogenated alkanes) is 1. The lowest BCUT2D eigenvalue weighted by Crippen LogP contribution is -2.37. The molecular formula is C13H14I4N2O3. The number of nitrogens with zero attached hydrogens (tertiary/aromatic N) is 1. The number of amides is 1. The molecule has 3 N–H and O–H groups in total. The molecule has 9 heteroatoms. The van der Waals surface area contributed by atoms with Gasteiger partial charge in [-0.05, 0) is 96.8 Å². The molecule has 0 spiro atoms. The monoisotopic (exact) mass is 754 g/mol. The Morgan fingerprint density at radius 3 is 2.18 bits per heavy atom. The molecule has 0 aliphatic heterocycles. The zero-order valence-corrected chi connectivity index (χ0v) is 20.3. The van der Waals surface area contributed by atoms with Gasteiger partial charge in [-0.3, -0.25) is 9.59 Å². The molecule has 1 aromatic rings. The lowest BCUT2D eigenvalue weighted by Gasteiger charge is -2.23. The SMILES string of the molecule is CCCCN(CC(=O)O)C(=O)c1c(I)c(N)c(I)c(I)c1I. The van der Waals surface area contributed by atoms with Crippen molar-refractivity contribution in [1.29, 1.82) is 0 Å². The fraction of sp³-hybridized carbons (Fsp3) is 0.385. The summed E-state index contributed by atoms with van der Waals surface area (Å²) in [6.07, 6.45) is 1.66. The van der Waals surface area contributed by atoms with Gasteiger partial charge in [0.25, 0.3) is 5.91 Å². The van der Waals surface area contributed by atoms with Crippen LogP contribution >= 0.6 is 90.4 Å². The van der Waals surface area contributed by atoms with E-state index in [-0.39, 0.29) is 12.5 Å². The number of carboxylic acids is 1. The number of carboxylic acid groups (broad SMARTS) is 1. The molecule has 5 nitrogen and oxygen atoms in total. The van der Waals surface area contributed by atoms with E-state index in [1.807, 2.05) is 6.92 Å². The number of nitrogens with two attached hydrogens (primary N) is 1. The Labute approximate surface area is 183 Å². The van der Waals surface area contributed by atoms with Gasteiger partial charge in [0.2, 0.25) is 0 Å². The van der Waals surface area contributed by atoms with E-state index in [9.17, 15) is 9.59 Å². The van der Waals surface area contributed by atoms with E-state index in [4.69, 9.17) is 10.8 Å². The van der Waals surface area contributed by atoms with Crippen LogP contribution in [0.3, 0.4) is 0 Å². The first-order valence-electron chi connectivity index (χ1n) is 6.34. The molecular weight excluding hydrogens is 740 g/mol. The minimum Gasteiger partial charge on any atom is -0.480 e. The normalized spacial score (nSPS) is 10.6. The molecule has 0 aliphatic carbocycles. The van der Waals surface area contributed by atoms with Gasteiger partial charge in [-0.25, -0.2) is 0 Å². The number of carbonyl (C=O) groups excluding carboxylic acids is 1. The van der Waals surface area contributed by atoms with Crippen molar-refractivity contribution in [3.8, 4) is 0 Å². The highest BCUT2D eigenvalue weighted by Crippen LogP contribution is 2.35. The Hall–Kier alpha value is 0.880. The van der Waals surface area contributed by atoms with Gasteiger partial charge in [0.05, 0.1) is 18.4 Å². The fourth-order valence-corrected chi connectivity index (χ4v) is 5.95. The summed E-state index contributed by atoms with van der Waals surface area (Å²) in [6, 6.07) is 0. The summed E-state index contributed by atoms with van der Waals surface area (Å²) in [5.74, 6) is -1.28. The maximum Gasteiger partial charge on any atom is 0.323 e. The van der Waals surface area contributed by atoms with Crippen LogP contribution < -0.4 is 5.73 Å². The summed E-state index contributed by atoms with van der Waals surface area (Å²) < 4.78 is 3.34. The van der Waals surface area contributed by atoms with E-state index in [0.717, 1.165) is 23.6 Å². The van der Waals surface area contributed by atoms with Crippen molar-refractivity contribution in [1.82, 2.24) is 4.90 Å². The number of aliphatic carboxylic acids is 1. The van der Waals surface area contributed by atoms with Crippen LogP contribution in [0, 0.1) is 14.3 Å². The minimum atomic E-state index is -1.01. The molecule has 0 fully saturated rings. The summed E-state index contributed by atoms with van der Waals surface area (Å²) in [4.78, 5) is 25.3. The fourth-order valence-electron chi connectivity index (χ4n) is 1.76. The number of anilines is 1. The lowest BCUT2D eigenvalue weighted by molar-refractivity contribution is -0.137. The average Bonchev–Trinajstić information content (AvgIpc) is 2.47. The van der Waals surface area contributed by atoms with E-state index >= 15 is 0 Å². The Morgan fingerprint density at radius 1 is 1.09 bits per heavy atom. The van der Waals surface area contributed by atoms with E-state index in [1.165, 1.54) is 4.90 Å². The molecule has 0 unspecified atom stereocenters. The first-order valence-corrected chi connectivity index (χ1v) is 10.7. The van der Waals surface area contributed by atoms with Crippen LogP contribution in [-0.4, -0.2) is 35.0 Å². The van der Waals surface area contributed by atoms with E-state index in [0.29, 0.717) is 21.4 Å².